The molecule has 0 bridgehead atoms. The number of morpholine rings is 1. The van der Waals surface area contributed by atoms with Gasteiger partial charge in [-0.1, -0.05) is 25.4 Å². The number of amides is 3. The van der Waals surface area contributed by atoms with E-state index in [1.165, 1.54) is 11.3 Å². The van der Waals surface area contributed by atoms with Gasteiger partial charge in [-0.25, -0.2) is 0 Å². The van der Waals surface area contributed by atoms with E-state index < -0.39 is 6.04 Å². The van der Waals surface area contributed by atoms with Crippen LogP contribution in [0.3, 0.4) is 0 Å². The Balaban J connectivity index is 1.46. The molecule has 2 aromatic rings. The zero-order valence-corrected chi connectivity index (χ0v) is 21.5. The topological polar surface area (TPSA) is 91.0 Å². The van der Waals surface area contributed by atoms with Crippen molar-refractivity contribution in [3.8, 4) is 0 Å². The van der Waals surface area contributed by atoms with Crippen LogP contribution >= 0.6 is 22.9 Å². The lowest BCUT2D eigenvalue weighted by Gasteiger charge is -2.32. The maximum absolute atomic E-state index is 13.5. The molecule has 0 radical (unpaired) electrons. The Morgan fingerprint density at radius 2 is 1.94 bits per heavy atom. The van der Waals surface area contributed by atoms with Gasteiger partial charge in [-0.05, 0) is 55.2 Å². The van der Waals surface area contributed by atoms with E-state index in [2.05, 4.69) is 29.4 Å². The summed E-state index contributed by atoms with van der Waals surface area (Å²) < 4.78 is 5.74. The highest BCUT2D eigenvalue weighted by atomic mass is 35.5. The minimum absolute atomic E-state index is 0.0790. The number of nitrogens with one attached hydrogen (secondary N) is 2. The van der Waals surface area contributed by atoms with Crippen LogP contribution in [0, 0.1) is 5.92 Å². The van der Waals surface area contributed by atoms with E-state index >= 15 is 0 Å². The standard InChI is InChI=1S/C25H31ClN4O4S/c1-16(2)14-30(19-7-8-19)20(13-27-25(33)21-9-10-22(26)35-21)24(32)28-17-3-5-18(6-4-17)29-11-12-34-15-23(29)31/h3-6,9-10,16,19-20H,7-8,11-15H2,1-2H3,(H,27,33)(H,28,32)/t20-/m1/s1. The van der Waals surface area contributed by atoms with Crippen molar-refractivity contribution < 1.29 is 19.1 Å². The first-order valence-electron chi connectivity index (χ1n) is 11.9. The van der Waals surface area contributed by atoms with Crippen LogP contribution < -0.4 is 15.5 Å². The summed E-state index contributed by atoms with van der Waals surface area (Å²) in [4.78, 5) is 42.6. The van der Waals surface area contributed by atoms with E-state index in [4.69, 9.17) is 16.3 Å². The fraction of sp³-hybridized carbons (Fsp3) is 0.480. The van der Waals surface area contributed by atoms with Gasteiger partial charge in [0, 0.05) is 37.1 Å². The highest BCUT2D eigenvalue weighted by Crippen LogP contribution is 2.30. The summed E-state index contributed by atoms with van der Waals surface area (Å²) in [5.74, 6) is -0.107. The molecule has 8 nitrogen and oxygen atoms in total. The maximum atomic E-state index is 13.5. The van der Waals surface area contributed by atoms with Gasteiger partial charge in [0.1, 0.15) is 12.6 Å². The normalized spacial score (nSPS) is 17.1. The summed E-state index contributed by atoms with van der Waals surface area (Å²) in [6, 6.07) is 10.4. The van der Waals surface area contributed by atoms with Crippen molar-refractivity contribution in [3.05, 3.63) is 45.6 Å². The van der Waals surface area contributed by atoms with E-state index in [1.54, 1.807) is 29.2 Å². The second kappa shape index (κ2) is 11.5. The lowest BCUT2D eigenvalue weighted by Crippen LogP contribution is -2.52. The molecule has 1 saturated carbocycles. The van der Waals surface area contributed by atoms with Crippen LogP contribution in [0.15, 0.2) is 36.4 Å². The molecule has 2 fully saturated rings. The van der Waals surface area contributed by atoms with Crippen molar-refractivity contribution in [2.45, 2.75) is 38.8 Å². The number of anilines is 2. The third-order valence-electron chi connectivity index (χ3n) is 5.98. The Bertz CT molecular complexity index is 1050. The van der Waals surface area contributed by atoms with Gasteiger partial charge < -0.3 is 20.3 Å². The molecule has 0 spiro atoms. The summed E-state index contributed by atoms with van der Waals surface area (Å²) in [5.41, 5.74) is 1.41. The Hall–Kier alpha value is -2.46. The van der Waals surface area contributed by atoms with E-state index in [-0.39, 0.29) is 30.9 Å². The molecule has 4 rings (SSSR count). The number of hydrogen-bond donors (Lipinski definition) is 2. The molecule has 2 N–H and O–H groups in total. The van der Waals surface area contributed by atoms with Gasteiger partial charge in [0.25, 0.3) is 11.8 Å². The fourth-order valence-corrected chi connectivity index (χ4v) is 5.13. The number of carbonyl (C=O) groups is 3. The monoisotopic (exact) mass is 518 g/mol. The quantitative estimate of drug-likeness (QED) is 0.501. The molecule has 35 heavy (non-hydrogen) atoms. The van der Waals surface area contributed by atoms with Crippen molar-refractivity contribution in [2.24, 2.45) is 5.92 Å². The van der Waals surface area contributed by atoms with E-state index in [0.29, 0.717) is 40.0 Å². The summed E-state index contributed by atoms with van der Waals surface area (Å²) >= 11 is 7.19. The van der Waals surface area contributed by atoms with E-state index in [0.717, 1.165) is 25.1 Å². The Morgan fingerprint density at radius 1 is 1.20 bits per heavy atom. The SMILES string of the molecule is CC(C)CN(C1CC1)[C@H](CNC(=O)c1ccc(Cl)s1)C(=O)Nc1ccc(N2CCOCC2=O)cc1. The average Bonchev–Trinajstić information content (AvgIpc) is 3.58. The van der Waals surface area contributed by atoms with Gasteiger partial charge in [0.2, 0.25) is 5.91 Å². The minimum Gasteiger partial charge on any atom is -0.370 e. The molecule has 1 aromatic carbocycles. The Kier molecular flexibility index (Phi) is 8.43. The van der Waals surface area contributed by atoms with Crippen molar-refractivity contribution in [3.63, 3.8) is 0 Å². The highest BCUT2D eigenvalue weighted by Gasteiger charge is 2.38. The lowest BCUT2D eigenvalue weighted by atomic mass is 10.1. The average molecular weight is 519 g/mol. The van der Waals surface area contributed by atoms with Crippen LogP contribution in [0.25, 0.3) is 0 Å². The number of ether oxygens (including phenoxy) is 1. The van der Waals surface area contributed by atoms with Crippen molar-refractivity contribution >= 4 is 52.0 Å². The summed E-state index contributed by atoms with van der Waals surface area (Å²) in [6.45, 7) is 6.31. The molecule has 188 valence electrons. The number of halogens is 1. The zero-order valence-electron chi connectivity index (χ0n) is 20.0. The smallest absolute Gasteiger partial charge is 0.261 e. The molecule has 10 heteroatoms. The van der Waals surface area contributed by atoms with Crippen LogP contribution in [-0.2, 0) is 14.3 Å². The Morgan fingerprint density at radius 3 is 2.54 bits per heavy atom. The first-order valence-corrected chi connectivity index (χ1v) is 13.1. The zero-order chi connectivity index (χ0) is 24.9. The molecule has 1 aromatic heterocycles. The van der Waals surface area contributed by atoms with Crippen LogP contribution in [0.4, 0.5) is 11.4 Å². The molecular weight excluding hydrogens is 488 g/mol. The molecule has 1 atom stereocenters. The Labute approximate surface area is 214 Å². The highest BCUT2D eigenvalue weighted by molar-refractivity contribution is 7.18. The number of hydrogen-bond acceptors (Lipinski definition) is 6. The molecule has 2 heterocycles. The number of rotatable bonds is 10. The molecule has 1 saturated heterocycles. The number of benzene rings is 1. The second-order valence-corrected chi connectivity index (χ2v) is 11.0. The molecule has 2 aliphatic rings. The van der Waals surface area contributed by atoms with Crippen LogP contribution in [-0.4, -0.2) is 67.6 Å². The molecule has 3 amide bonds. The summed E-state index contributed by atoms with van der Waals surface area (Å²) in [5, 5.41) is 5.94. The number of carbonyl (C=O) groups excluding carboxylic acids is 3. The first kappa shape index (κ1) is 25.6. The summed E-state index contributed by atoms with van der Waals surface area (Å²) in [6.07, 6.45) is 2.10. The molecule has 1 aliphatic heterocycles. The number of nitrogens with zero attached hydrogens (tertiary/aromatic N) is 2. The predicted molar refractivity (Wildman–Crippen MR) is 138 cm³/mol. The third kappa shape index (κ3) is 6.82. The van der Waals surface area contributed by atoms with Crippen LogP contribution in [0.1, 0.15) is 36.4 Å². The maximum Gasteiger partial charge on any atom is 0.261 e. The van der Waals surface area contributed by atoms with Crippen molar-refractivity contribution in [1.29, 1.82) is 0 Å². The molecule has 1 aliphatic carbocycles. The molecule has 0 unspecified atom stereocenters. The van der Waals surface area contributed by atoms with Gasteiger partial charge in [-0.2, -0.15) is 0 Å². The fourth-order valence-electron chi connectivity index (χ4n) is 4.17. The van der Waals surface area contributed by atoms with Gasteiger partial charge >= 0.3 is 0 Å². The van der Waals surface area contributed by atoms with Gasteiger partial charge in [-0.3, -0.25) is 19.3 Å². The van der Waals surface area contributed by atoms with E-state index in [1.807, 2.05) is 12.1 Å². The molecular formula is C25H31ClN4O4S. The third-order valence-corrected chi connectivity index (χ3v) is 7.21. The van der Waals surface area contributed by atoms with E-state index in [9.17, 15) is 14.4 Å². The van der Waals surface area contributed by atoms with Crippen LogP contribution in [0.5, 0.6) is 0 Å². The van der Waals surface area contributed by atoms with Gasteiger partial charge in [-0.15, -0.1) is 11.3 Å². The lowest BCUT2D eigenvalue weighted by molar-refractivity contribution is -0.125. The van der Waals surface area contributed by atoms with Crippen LogP contribution in [0.2, 0.25) is 4.34 Å². The first-order chi connectivity index (χ1) is 16.8. The van der Waals surface area contributed by atoms with Crippen molar-refractivity contribution in [2.75, 3.05) is 43.1 Å². The summed E-state index contributed by atoms with van der Waals surface area (Å²) in [7, 11) is 0. The second-order valence-electron chi connectivity index (χ2n) is 9.29. The predicted octanol–water partition coefficient (Wildman–Crippen LogP) is 3.62. The minimum atomic E-state index is -0.509. The van der Waals surface area contributed by atoms with Gasteiger partial charge in [0.15, 0.2) is 0 Å². The largest absolute Gasteiger partial charge is 0.370 e. The van der Waals surface area contributed by atoms with Crippen molar-refractivity contribution in [1.82, 2.24) is 10.2 Å². The van der Waals surface area contributed by atoms with Gasteiger partial charge in [0.05, 0.1) is 15.8 Å². The number of thiophene rings is 1.